The van der Waals surface area contributed by atoms with Crippen LogP contribution < -0.4 is 0 Å². The zero-order chi connectivity index (χ0) is 21.6. The van der Waals surface area contributed by atoms with E-state index in [1.54, 1.807) is 6.07 Å². The van der Waals surface area contributed by atoms with E-state index in [2.05, 4.69) is 50.2 Å². The Morgan fingerprint density at radius 3 is 1.97 bits per heavy atom. The van der Waals surface area contributed by atoms with Crippen LogP contribution in [-0.4, -0.2) is 0 Å². The molecule has 0 bridgehead atoms. The van der Waals surface area contributed by atoms with Crippen LogP contribution in [0.3, 0.4) is 0 Å². The lowest BCUT2D eigenvalue weighted by atomic mass is 9.77. The van der Waals surface area contributed by atoms with Gasteiger partial charge in [-0.2, -0.15) is 0 Å². The zero-order valence-electron chi connectivity index (χ0n) is 19.0. The predicted molar refractivity (Wildman–Crippen MR) is 131 cm³/mol. The van der Waals surface area contributed by atoms with E-state index in [4.69, 9.17) is 0 Å². The molecule has 31 heavy (non-hydrogen) atoms. The molecular formula is C30H35F. The molecule has 0 spiro atoms. The summed E-state index contributed by atoms with van der Waals surface area (Å²) in [5.74, 6) is 1.47. The number of rotatable bonds is 7. The van der Waals surface area contributed by atoms with Crippen molar-refractivity contribution in [1.29, 1.82) is 0 Å². The Labute approximate surface area is 187 Å². The van der Waals surface area contributed by atoms with E-state index in [9.17, 15) is 4.39 Å². The molecule has 0 atom stereocenters. The summed E-state index contributed by atoms with van der Waals surface area (Å²) in [5, 5.41) is 0. The van der Waals surface area contributed by atoms with Gasteiger partial charge >= 0.3 is 0 Å². The summed E-state index contributed by atoms with van der Waals surface area (Å²) in [4.78, 5) is 0. The molecule has 0 nitrogen and oxygen atoms in total. The van der Waals surface area contributed by atoms with Gasteiger partial charge in [0.1, 0.15) is 5.82 Å². The monoisotopic (exact) mass is 414 g/mol. The van der Waals surface area contributed by atoms with Crippen molar-refractivity contribution in [3.8, 4) is 22.3 Å². The highest BCUT2D eigenvalue weighted by molar-refractivity contribution is 5.71. The summed E-state index contributed by atoms with van der Waals surface area (Å²) >= 11 is 0. The van der Waals surface area contributed by atoms with Crippen LogP contribution in [-0.2, 0) is 6.42 Å². The number of benzene rings is 3. The molecule has 0 heterocycles. The molecule has 1 heteroatoms. The third-order valence-corrected chi connectivity index (χ3v) is 7.03. The van der Waals surface area contributed by atoms with Crippen LogP contribution in [0.25, 0.3) is 22.3 Å². The van der Waals surface area contributed by atoms with Gasteiger partial charge in [0.25, 0.3) is 0 Å². The van der Waals surface area contributed by atoms with E-state index >= 15 is 0 Å². The molecule has 1 aliphatic rings. The third-order valence-electron chi connectivity index (χ3n) is 7.03. The molecule has 0 aliphatic heterocycles. The topological polar surface area (TPSA) is 0 Å². The van der Waals surface area contributed by atoms with E-state index < -0.39 is 0 Å². The predicted octanol–water partition coefficient (Wildman–Crippen LogP) is 9.19. The SMILES string of the molecule is CCCc1ccc(-c2ccc(-c3ccc(C4CCC(CCC)CC4)cc3)cc2F)cc1. The molecule has 0 aromatic heterocycles. The Morgan fingerprint density at radius 1 is 0.710 bits per heavy atom. The fraction of sp³-hybridized carbons (Fsp3) is 0.400. The van der Waals surface area contributed by atoms with Gasteiger partial charge in [0.2, 0.25) is 0 Å². The van der Waals surface area contributed by atoms with Gasteiger partial charge in [0.15, 0.2) is 0 Å². The highest BCUT2D eigenvalue weighted by Crippen LogP contribution is 2.38. The summed E-state index contributed by atoms with van der Waals surface area (Å²) in [5.41, 5.74) is 6.41. The third kappa shape index (κ3) is 5.26. The summed E-state index contributed by atoms with van der Waals surface area (Å²) in [7, 11) is 0. The van der Waals surface area contributed by atoms with Crippen LogP contribution >= 0.6 is 0 Å². The summed E-state index contributed by atoms with van der Waals surface area (Å²) in [6.07, 6.45) is 10.2. The number of hydrogen-bond acceptors (Lipinski definition) is 0. The molecule has 3 aromatic carbocycles. The minimum absolute atomic E-state index is 0.154. The van der Waals surface area contributed by atoms with E-state index in [-0.39, 0.29) is 5.82 Å². The Bertz CT molecular complexity index is 960. The molecule has 1 saturated carbocycles. The van der Waals surface area contributed by atoms with Crippen molar-refractivity contribution in [2.45, 2.75) is 71.1 Å². The lowest BCUT2D eigenvalue weighted by Crippen LogP contribution is -2.13. The first-order valence-electron chi connectivity index (χ1n) is 12.2. The van der Waals surface area contributed by atoms with Crippen molar-refractivity contribution in [2.24, 2.45) is 5.92 Å². The Hall–Kier alpha value is -2.41. The second kappa shape index (κ2) is 10.3. The first-order chi connectivity index (χ1) is 15.2. The Kier molecular flexibility index (Phi) is 7.22. The largest absolute Gasteiger partial charge is 0.206 e. The van der Waals surface area contributed by atoms with E-state index in [1.165, 1.54) is 49.7 Å². The van der Waals surface area contributed by atoms with Crippen molar-refractivity contribution >= 4 is 0 Å². The molecule has 4 rings (SSSR count). The second-order valence-electron chi connectivity index (χ2n) is 9.27. The maximum atomic E-state index is 14.9. The molecule has 0 amide bonds. The maximum Gasteiger partial charge on any atom is 0.131 e. The highest BCUT2D eigenvalue weighted by atomic mass is 19.1. The number of aryl methyl sites for hydroxylation is 1. The quantitative estimate of drug-likeness (QED) is 0.361. The standard InChI is InChI=1S/C30H35F/c1-3-5-22-7-11-24(12-8-22)25-15-17-26(18-16-25)28-19-20-29(30(31)21-28)27-13-9-23(6-4-2)10-14-27/h9-10,13-22,24H,3-8,11-12H2,1-2H3. The molecule has 1 fully saturated rings. The van der Waals surface area contributed by atoms with Gasteiger partial charge in [-0.05, 0) is 77.8 Å². The van der Waals surface area contributed by atoms with Crippen molar-refractivity contribution in [3.63, 3.8) is 0 Å². The Morgan fingerprint density at radius 2 is 1.35 bits per heavy atom. The zero-order valence-corrected chi connectivity index (χ0v) is 19.0. The van der Waals surface area contributed by atoms with Crippen LogP contribution in [0.4, 0.5) is 4.39 Å². The normalized spacial score (nSPS) is 18.8. The van der Waals surface area contributed by atoms with Crippen LogP contribution in [0.1, 0.15) is 75.8 Å². The van der Waals surface area contributed by atoms with E-state index in [0.717, 1.165) is 35.4 Å². The molecule has 0 N–H and O–H groups in total. The molecule has 0 unspecified atom stereocenters. The van der Waals surface area contributed by atoms with Gasteiger partial charge in [0.05, 0.1) is 0 Å². The van der Waals surface area contributed by atoms with Gasteiger partial charge < -0.3 is 0 Å². The van der Waals surface area contributed by atoms with E-state index in [0.29, 0.717) is 11.5 Å². The summed E-state index contributed by atoms with van der Waals surface area (Å²) in [6.45, 7) is 4.47. The van der Waals surface area contributed by atoms with Crippen molar-refractivity contribution in [3.05, 3.63) is 83.7 Å². The average Bonchev–Trinajstić information content (AvgIpc) is 2.81. The second-order valence-corrected chi connectivity index (χ2v) is 9.27. The first kappa shape index (κ1) is 21.8. The minimum Gasteiger partial charge on any atom is -0.206 e. The Balaban J connectivity index is 1.46. The molecule has 3 aromatic rings. The van der Waals surface area contributed by atoms with Crippen molar-refractivity contribution in [2.75, 3.05) is 0 Å². The van der Waals surface area contributed by atoms with Crippen molar-refractivity contribution in [1.82, 2.24) is 0 Å². The average molecular weight is 415 g/mol. The fourth-order valence-electron chi connectivity index (χ4n) is 5.21. The van der Waals surface area contributed by atoms with Crippen LogP contribution in [0.15, 0.2) is 66.7 Å². The van der Waals surface area contributed by atoms with E-state index in [1.807, 2.05) is 24.3 Å². The van der Waals surface area contributed by atoms with Crippen molar-refractivity contribution < 1.29 is 4.39 Å². The minimum atomic E-state index is -0.154. The van der Waals surface area contributed by atoms with Gasteiger partial charge in [-0.25, -0.2) is 4.39 Å². The lowest BCUT2D eigenvalue weighted by molar-refractivity contribution is 0.308. The van der Waals surface area contributed by atoms with Gasteiger partial charge in [-0.1, -0.05) is 93.8 Å². The van der Waals surface area contributed by atoms with Crippen LogP contribution in [0, 0.1) is 11.7 Å². The van der Waals surface area contributed by atoms with Gasteiger partial charge in [-0.3, -0.25) is 0 Å². The lowest BCUT2D eigenvalue weighted by Gasteiger charge is -2.28. The molecule has 1 aliphatic carbocycles. The summed E-state index contributed by atoms with van der Waals surface area (Å²) in [6, 6.07) is 22.8. The molecule has 162 valence electrons. The van der Waals surface area contributed by atoms with Crippen LogP contribution in [0.5, 0.6) is 0 Å². The molecule has 0 radical (unpaired) electrons. The first-order valence-corrected chi connectivity index (χ1v) is 12.2. The number of halogens is 1. The van der Waals surface area contributed by atoms with Gasteiger partial charge in [-0.15, -0.1) is 0 Å². The molecule has 0 saturated heterocycles. The van der Waals surface area contributed by atoms with Gasteiger partial charge in [0, 0.05) is 5.56 Å². The highest BCUT2D eigenvalue weighted by Gasteiger charge is 2.21. The summed E-state index contributed by atoms with van der Waals surface area (Å²) < 4.78 is 14.9. The maximum absolute atomic E-state index is 14.9. The smallest absolute Gasteiger partial charge is 0.131 e. The number of hydrogen-bond donors (Lipinski definition) is 0. The van der Waals surface area contributed by atoms with Crippen LogP contribution in [0.2, 0.25) is 0 Å². The molecular weight excluding hydrogens is 379 g/mol. The fourth-order valence-corrected chi connectivity index (χ4v) is 5.21.